The maximum atomic E-state index is 12.5. The Morgan fingerprint density at radius 2 is 1.90 bits per heavy atom. The van der Waals surface area contributed by atoms with Crippen molar-refractivity contribution in [1.82, 2.24) is 4.90 Å². The summed E-state index contributed by atoms with van der Waals surface area (Å²) in [6.45, 7) is 6.19. The molecule has 1 aromatic heterocycles. The Balaban J connectivity index is 2.20. The highest BCUT2D eigenvalue weighted by molar-refractivity contribution is 5.96. The molecular formula is C16H20N2O2. The number of hydrogen-bond acceptors (Lipinski definition) is 3. The molecule has 106 valence electrons. The van der Waals surface area contributed by atoms with Gasteiger partial charge in [0.1, 0.15) is 11.5 Å². The summed E-state index contributed by atoms with van der Waals surface area (Å²) in [4.78, 5) is 14.1. The van der Waals surface area contributed by atoms with E-state index in [0.717, 1.165) is 22.6 Å². The molecule has 20 heavy (non-hydrogen) atoms. The minimum absolute atomic E-state index is 0.0525. The minimum Gasteiger partial charge on any atom is -0.464 e. The van der Waals surface area contributed by atoms with Gasteiger partial charge in [-0.3, -0.25) is 4.79 Å². The van der Waals surface area contributed by atoms with E-state index in [1.165, 1.54) is 0 Å². The number of nitrogens with two attached hydrogens (primary N) is 1. The number of benzene rings is 1. The van der Waals surface area contributed by atoms with Gasteiger partial charge >= 0.3 is 0 Å². The smallest absolute Gasteiger partial charge is 0.254 e. The summed E-state index contributed by atoms with van der Waals surface area (Å²) >= 11 is 0. The first-order valence-corrected chi connectivity index (χ1v) is 6.56. The maximum absolute atomic E-state index is 12.5. The van der Waals surface area contributed by atoms with Gasteiger partial charge in [-0.1, -0.05) is 6.07 Å². The summed E-state index contributed by atoms with van der Waals surface area (Å²) in [5, 5.41) is 0. The number of aryl methyl sites for hydroxylation is 3. The van der Waals surface area contributed by atoms with Crippen molar-refractivity contribution in [1.29, 1.82) is 0 Å². The Kier molecular flexibility index (Phi) is 3.84. The fraction of sp³-hybridized carbons (Fsp3) is 0.312. The number of nitrogens with zero attached hydrogens (tertiary/aromatic N) is 1. The summed E-state index contributed by atoms with van der Waals surface area (Å²) in [6, 6.07) is 7.46. The zero-order valence-corrected chi connectivity index (χ0v) is 12.4. The molecule has 1 amide bonds. The molecule has 0 fully saturated rings. The van der Waals surface area contributed by atoms with Crippen LogP contribution in [0.5, 0.6) is 0 Å². The van der Waals surface area contributed by atoms with E-state index in [-0.39, 0.29) is 5.91 Å². The van der Waals surface area contributed by atoms with Crippen LogP contribution in [-0.4, -0.2) is 17.9 Å². The number of carbonyl (C=O) groups is 1. The average molecular weight is 272 g/mol. The van der Waals surface area contributed by atoms with E-state index in [1.54, 1.807) is 18.0 Å². The van der Waals surface area contributed by atoms with Crippen LogP contribution in [0.1, 0.15) is 33.0 Å². The molecule has 0 aliphatic carbocycles. The molecule has 0 bridgehead atoms. The quantitative estimate of drug-likeness (QED) is 0.874. The third-order valence-electron chi connectivity index (χ3n) is 3.38. The van der Waals surface area contributed by atoms with Crippen LogP contribution >= 0.6 is 0 Å². The highest BCUT2D eigenvalue weighted by Crippen LogP contribution is 2.20. The van der Waals surface area contributed by atoms with Crippen molar-refractivity contribution >= 4 is 11.6 Å². The number of carbonyl (C=O) groups excluding carboxylic acids is 1. The average Bonchev–Trinajstić information content (AvgIpc) is 2.78. The zero-order valence-electron chi connectivity index (χ0n) is 12.4. The van der Waals surface area contributed by atoms with Crippen LogP contribution in [-0.2, 0) is 6.54 Å². The van der Waals surface area contributed by atoms with Gasteiger partial charge in [0.05, 0.1) is 6.54 Å². The summed E-state index contributed by atoms with van der Waals surface area (Å²) in [6.07, 6.45) is 0. The highest BCUT2D eigenvalue weighted by atomic mass is 16.3. The van der Waals surface area contributed by atoms with E-state index in [2.05, 4.69) is 0 Å². The number of amides is 1. The number of rotatable bonds is 3. The van der Waals surface area contributed by atoms with E-state index in [0.29, 0.717) is 17.8 Å². The lowest BCUT2D eigenvalue weighted by molar-refractivity contribution is 0.0774. The van der Waals surface area contributed by atoms with E-state index in [9.17, 15) is 4.79 Å². The Bertz CT molecular complexity index is 644. The molecular weight excluding hydrogens is 252 g/mol. The largest absolute Gasteiger partial charge is 0.464 e. The first-order valence-electron chi connectivity index (χ1n) is 6.56. The van der Waals surface area contributed by atoms with Crippen LogP contribution < -0.4 is 5.73 Å². The molecule has 0 atom stereocenters. The van der Waals surface area contributed by atoms with Crippen LogP contribution in [0.4, 0.5) is 5.69 Å². The van der Waals surface area contributed by atoms with Gasteiger partial charge in [-0.05, 0) is 50.1 Å². The van der Waals surface area contributed by atoms with Gasteiger partial charge in [-0.25, -0.2) is 0 Å². The Morgan fingerprint density at radius 3 is 2.50 bits per heavy atom. The predicted octanol–water partition coefficient (Wildman–Crippen LogP) is 3.06. The van der Waals surface area contributed by atoms with Crippen LogP contribution in [0.15, 0.2) is 28.7 Å². The SMILES string of the molecule is Cc1ccc(CN(C)C(=O)c2cc(N)c(C)cc2C)o1. The van der Waals surface area contributed by atoms with Gasteiger partial charge in [0.2, 0.25) is 0 Å². The number of nitrogen functional groups attached to an aromatic ring is 1. The second kappa shape index (κ2) is 5.41. The molecule has 2 N–H and O–H groups in total. The maximum Gasteiger partial charge on any atom is 0.254 e. The molecule has 0 saturated carbocycles. The van der Waals surface area contributed by atoms with Crippen molar-refractivity contribution in [2.24, 2.45) is 0 Å². The van der Waals surface area contributed by atoms with Crippen molar-refractivity contribution in [3.05, 3.63) is 52.5 Å². The van der Waals surface area contributed by atoms with Gasteiger partial charge in [0.25, 0.3) is 5.91 Å². The molecule has 1 aromatic carbocycles. The third kappa shape index (κ3) is 2.85. The Hall–Kier alpha value is -2.23. The molecule has 0 saturated heterocycles. The van der Waals surface area contributed by atoms with Crippen molar-refractivity contribution < 1.29 is 9.21 Å². The molecule has 2 rings (SSSR count). The summed E-state index contributed by atoms with van der Waals surface area (Å²) in [7, 11) is 1.76. The Labute approximate surface area is 119 Å². The first-order chi connectivity index (χ1) is 9.38. The molecule has 0 radical (unpaired) electrons. The first kappa shape index (κ1) is 14.2. The zero-order chi connectivity index (χ0) is 14.9. The van der Waals surface area contributed by atoms with Gasteiger partial charge in [-0.15, -0.1) is 0 Å². The summed E-state index contributed by atoms with van der Waals surface area (Å²) in [5.74, 6) is 1.57. The summed E-state index contributed by atoms with van der Waals surface area (Å²) < 4.78 is 5.49. The summed E-state index contributed by atoms with van der Waals surface area (Å²) in [5.41, 5.74) is 9.10. The fourth-order valence-corrected chi connectivity index (χ4v) is 2.18. The number of anilines is 1. The molecule has 0 spiro atoms. The van der Waals surface area contributed by atoms with E-state index >= 15 is 0 Å². The monoisotopic (exact) mass is 272 g/mol. The molecule has 0 aliphatic heterocycles. The molecule has 0 unspecified atom stereocenters. The van der Waals surface area contributed by atoms with Gasteiger partial charge in [-0.2, -0.15) is 0 Å². The molecule has 4 nitrogen and oxygen atoms in total. The van der Waals surface area contributed by atoms with E-state index in [1.807, 2.05) is 39.0 Å². The van der Waals surface area contributed by atoms with Gasteiger partial charge < -0.3 is 15.1 Å². The third-order valence-corrected chi connectivity index (χ3v) is 3.38. The van der Waals surface area contributed by atoms with Crippen LogP contribution in [0.25, 0.3) is 0 Å². The lowest BCUT2D eigenvalue weighted by atomic mass is 10.0. The lowest BCUT2D eigenvalue weighted by Crippen LogP contribution is -2.26. The minimum atomic E-state index is -0.0525. The second-order valence-electron chi connectivity index (χ2n) is 5.20. The van der Waals surface area contributed by atoms with Crippen molar-refractivity contribution in [3.63, 3.8) is 0 Å². The number of hydrogen-bond donors (Lipinski definition) is 1. The predicted molar refractivity (Wildman–Crippen MR) is 79.6 cm³/mol. The van der Waals surface area contributed by atoms with Crippen LogP contribution in [0.2, 0.25) is 0 Å². The van der Waals surface area contributed by atoms with Crippen molar-refractivity contribution in [3.8, 4) is 0 Å². The van der Waals surface area contributed by atoms with E-state index < -0.39 is 0 Å². The Morgan fingerprint density at radius 1 is 1.20 bits per heavy atom. The molecule has 0 aliphatic rings. The fourth-order valence-electron chi connectivity index (χ4n) is 2.18. The van der Waals surface area contributed by atoms with Crippen LogP contribution in [0, 0.1) is 20.8 Å². The van der Waals surface area contributed by atoms with Gasteiger partial charge in [0.15, 0.2) is 0 Å². The normalized spacial score (nSPS) is 10.6. The lowest BCUT2D eigenvalue weighted by Gasteiger charge is -2.18. The van der Waals surface area contributed by atoms with Crippen LogP contribution in [0.3, 0.4) is 0 Å². The number of furan rings is 1. The molecule has 4 heteroatoms. The van der Waals surface area contributed by atoms with E-state index in [4.69, 9.17) is 10.2 Å². The van der Waals surface area contributed by atoms with Crippen molar-refractivity contribution in [2.75, 3.05) is 12.8 Å². The molecule has 1 heterocycles. The van der Waals surface area contributed by atoms with Crippen molar-refractivity contribution in [2.45, 2.75) is 27.3 Å². The standard InChI is InChI=1S/C16H20N2O2/c1-10-7-11(2)15(17)8-14(10)16(19)18(4)9-13-6-5-12(3)20-13/h5-8H,9,17H2,1-4H3. The highest BCUT2D eigenvalue weighted by Gasteiger charge is 2.16. The molecule has 2 aromatic rings. The second-order valence-corrected chi connectivity index (χ2v) is 5.20. The topological polar surface area (TPSA) is 59.5 Å². The van der Waals surface area contributed by atoms with Gasteiger partial charge in [0, 0.05) is 18.3 Å².